The predicted octanol–water partition coefficient (Wildman–Crippen LogP) is 3.83. The molecule has 0 amide bonds. The predicted molar refractivity (Wildman–Crippen MR) is 77.5 cm³/mol. The summed E-state index contributed by atoms with van der Waals surface area (Å²) in [5, 5.41) is 3.91. The van der Waals surface area contributed by atoms with E-state index in [2.05, 4.69) is 15.1 Å². The van der Waals surface area contributed by atoms with Gasteiger partial charge in [-0.05, 0) is 18.9 Å². The third-order valence-corrected chi connectivity index (χ3v) is 4.06. The van der Waals surface area contributed by atoms with Crippen molar-refractivity contribution in [2.75, 3.05) is 18.0 Å². The lowest BCUT2D eigenvalue weighted by Gasteiger charge is -2.32. The summed E-state index contributed by atoms with van der Waals surface area (Å²) in [6.07, 6.45) is -1.92. The molecule has 1 saturated heterocycles. The second-order valence-corrected chi connectivity index (χ2v) is 5.89. The number of aryl methyl sites for hydroxylation is 1. The van der Waals surface area contributed by atoms with Gasteiger partial charge in [0.05, 0.1) is 10.6 Å². The largest absolute Gasteiger partial charge is 0.417 e. The molecule has 3 rings (SSSR count). The van der Waals surface area contributed by atoms with Crippen LogP contribution in [0, 0.1) is 6.92 Å². The SMILES string of the molecule is Cc1nc([C@@H]2CCCN(c3ncc(C(F)(F)F)cc3Cl)C2)no1. The zero-order valence-electron chi connectivity index (χ0n) is 12.3. The molecule has 1 atom stereocenters. The molecule has 0 radical (unpaired) electrons. The van der Waals surface area contributed by atoms with Crippen LogP contribution >= 0.6 is 11.6 Å². The van der Waals surface area contributed by atoms with Gasteiger partial charge in [0, 0.05) is 32.1 Å². The summed E-state index contributed by atoms with van der Waals surface area (Å²) in [5.41, 5.74) is -0.853. The van der Waals surface area contributed by atoms with E-state index in [9.17, 15) is 13.2 Å². The highest BCUT2D eigenvalue weighted by atomic mass is 35.5. The average Bonchev–Trinajstić information content (AvgIpc) is 2.93. The average molecular weight is 347 g/mol. The van der Waals surface area contributed by atoms with E-state index < -0.39 is 11.7 Å². The van der Waals surface area contributed by atoms with E-state index >= 15 is 0 Å². The van der Waals surface area contributed by atoms with E-state index in [0.717, 1.165) is 25.1 Å². The first kappa shape index (κ1) is 16.0. The number of alkyl halides is 3. The molecule has 2 aromatic rings. The molecule has 0 aliphatic carbocycles. The molecule has 0 bridgehead atoms. The Labute approximate surface area is 135 Å². The minimum Gasteiger partial charge on any atom is -0.355 e. The number of hydrogen-bond donors (Lipinski definition) is 0. The van der Waals surface area contributed by atoms with Crippen LogP contribution in [0.4, 0.5) is 19.0 Å². The van der Waals surface area contributed by atoms with Gasteiger partial charge in [-0.2, -0.15) is 18.2 Å². The quantitative estimate of drug-likeness (QED) is 0.827. The van der Waals surface area contributed by atoms with Gasteiger partial charge in [0.15, 0.2) is 5.82 Å². The maximum Gasteiger partial charge on any atom is 0.417 e. The van der Waals surface area contributed by atoms with Crippen molar-refractivity contribution in [3.63, 3.8) is 0 Å². The van der Waals surface area contributed by atoms with Crippen LogP contribution in [0.5, 0.6) is 0 Å². The molecule has 5 nitrogen and oxygen atoms in total. The number of rotatable bonds is 2. The van der Waals surface area contributed by atoms with E-state index in [1.807, 2.05) is 4.90 Å². The molecule has 1 fully saturated rings. The molecule has 1 aliphatic rings. The molecule has 2 aromatic heterocycles. The summed E-state index contributed by atoms with van der Waals surface area (Å²) in [6.45, 7) is 2.92. The highest BCUT2D eigenvalue weighted by Gasteiger charge is 2.33. The molecule has 0 spiro atoms. The minimum absolute atomic E-state index is 0.00947. The van der Waals surface area contributed by atoms with Crippen LogP contribution in [0.3, 0.4) is 0 Å². The fourth-order valence-corrected chi connectivity index (χ4v) is 2.97. The number of piperidine rings is 1. The van der Waals surface area contributed by atoms with Crippen molar-refractivity contribution >= 4 is 17.4 Å². The molecule has 1 aliphatic heterocycles. The van der Waals surface area contributed by atoms with E-state index in [1.165, 1.54) is 0 Å². The van der Waals surface area contributed by atoms with Crippen LogP contribution in [-0.4, -0.2) is 28.2 Å². The van der Waals surface area contributed by atoms with Gasteiger partial charge in [0.2, 0.25) is 5.89 Å². The fraction of sp³-hybridized carbons (Fsp3) is 0.500. The third-order valence-electron chi connectivity index (χ3n) is 3.78. The van der Waals surface area contributed by atoms with E-state index in [1.54, 1.807) is 6.92 Å². The van der Waals surface area contributed by atoms with Crippen molar-refractivity contribution in [2.24, 2.45) is 0 Å². The van der Waals surface area contributed by atoms with Crippen LogP contribution < -0.4 is 4.90 Å². The lowest BCUT2D eigenvalue weighted by Crippen LogP contribution is -2.35. The van der Waals surface area contributed by atoms with Gasteiger partial charge in [0.1, 0.15) is 5.82 Å². The molecule has 124 valence electrons. The van der Waals surface area contributed by atoms with Gasteiger partial charge in [-0.15, -0.1) is 0 Å². The monoisotopic (exact) mass is 346 g/mol. The van der Waals surface area contributed by atoms with Crippen LogP contribution in [0.25, 0.3) is 0 Å². The topological polar surface area (TPSA) is 55.1 Å². The van der Waals surface area contributed by atoms with Crippen LogP contribution in [-0.2, 0) is 6.18 Å². The smallest absolute Gasteiger partial charge is 0.355 e. The Kier molecular flexibility index (Phi) is 4.18. The van der Waals surface area contributed by atoms with Crippen molar-refractivity contribution in [1.82, 2.24) is 15.1 Å². The molecule has 0 aromatic carbocycles. The Morgan fingerprint density at radius 1 is 1.39 bits per heavy atom. The first-order valence-corrected chi connectivity index (χ1v) is 7.50. The van der Waals surface area contributed by atoms with Crippen molar-refractivity contribution in [2.45, 2.75) is 31.9 Å². The van der Waals surface area contributed by atoms with Gasteiger partial charge in [0.25, 0.3) is 0 Å². The van der Waals surface area contributed by atoms with E-state index in [0.29, 0.717) is 30.6 Å². The highest BCUT2D eigenvalue weighted by molar-refractivity contribution is 6.33. The van der Waals surface area contributed by atoms with Crippen molar-refractivity contribution < 1.29 is 17.7 Å². The Morgan fingerprint density at radius 2 is 2.17 bits per heavy atom. The zero-order valence-corrected chi connectivity index (χ0v) is 13.0. The number of halogens is 4. The van der Waals surface area contributed by atoms with Gasteiger partial charge < -0.3 is 9.42 Å². The summed E-state index contributed by atoms with van der Waals surface area (Å²) < 4.78 is 43.1. The summed E-state index contributed by atoms with van der Waals surface area (Å²) in [6, 6.07) is 0.909. The number of nitrogens with zero attached hydrogens (tertiary/aromatic N) is 4. The van der Waals surface area contributed by atoms with Crippen LogP contribution in [0.1, 0.15) is 36.0 Å². The Morgan fingerprint density at radius 3 is 2.78 bits per heavy atom. The molecular weight excluding hydrogens is 333 g/mol. The molecular formula is C14H14ClF3N4O. The van der Waals surface area contributed by atoms with Gasteiger partial charge in [-0.3, -0.25) is 0 Å². The summed E-state index contributed by atoms with van der Waals surface area (Å²) in [4.78, 5) is 10.00. The van der Waals surface area contributed by atoms with E-state index in [4.69, 9.17) is 16.1 Å². The number of hydrogen-bond acceptors (Lipinski definition) is 5. The van der Waals surface area contributed by atoms with Crippen molar-refractivity contribution in [3.8, 4) is 0 Å². The molecule has 0 N–H and O–H groups in total. The third kappa shape index (κ3) is 3.41. The molecule has 0 saturated carbocycles. The van der Waals surface area contributed by atoms with Crippen LogP contribution in [0.15, 0.2) is 16.8 Å². The summed E-state index contributed by atoms with van der Waals surface area (Å²) in [5.74, 6) is 1.49. The van der Waals surface area contributed by atoms with Gasteiger partial charge >= 0.3 is 6.18 Å². The first-order valence-electron chi connectivity index (χ1n) is 7.12. The highest BCUT2D eigenvalue weighted by Crippen LogP contribution is 2.35. The molecule has 23 heavy (non-hydrogen) atoms. The van der Waals surface area contributed by atoms with Gasteiger partial charge in [-0.1, -0.05) is 16.8 Å². The number of pyridine rings is 1. The maximum absolute atomic E-state index is 12.7. The van der Waals surface area contributed by atoms with Crippen molar-refractivity contribution in [1.29, 1.82) is 0 Å². The van der Waals surface area contributed by atoms with Gasteiger partial charge in [-0.25, -0.2) is 4.98 Å². The maximum atomic E-state index is 12.7. The first-order chi connectivity index (χ1) is 10.8. The fourth-order valence-electron chi connectivity index (χ4n) is 2.68. The number of aromatic nitrogens is 3. The summed E-state index contributed by atoms with van der Waals surface area (Å²) in [7, 11) is 0. The van der Waals surface area contributed by atoms with E-state index in [-0.39, 0.29) is 10.9 Å². The Bertz CT molecular complexity index is 704. The van der Waals surface area contributed by atoms with Crippen molar-refractivity contribution in [3.05, 3.63) is 34.6 Å². The van der Waals surface area contributed by atoms with Crippen LogP contribution in [0.2, 0.25) is 5.02 Å². The second kappa shape index (κ2) is 5.99. The summed E-state index contributed by atoms with van der Waals surface area (Å²) >= 11 is 6.01. The lowest BCUT2D eigenvalue weighted by atomic mass is 9.97. The standard InChI is InChI=1S/C14H14ClF3N4O/c1-8-20-12(21-23-8)9-3-2-4-22(7-9)13-11(15)5-10(6-19-13)14(16,17)18/h5-6,9H,2-4,7H2,1H3/t9-/m1/s1. The Balaban J connectivity index is 1.81. The number of anilines is 1. The minimum atomic E-state index is -4.46. The zero-order chi connectivity index (χ0) is 16.6. The molecule has 3 heterocycles. The Hall–Kier alpha value is -1.83. The molecule has 0 unspecified atom stereocenters. The lowest BCUT2D eigenvalue weighted by molar-refractivity contribution is -0.137. The molecule has 9 heteroatoms. The second-order valence-electron chi connectivity index (χ2n) is 5.48. The normalized spacial score (nSPS) is 19.2.